The fourth-order valence-corrected chi connectivity index (χ4v) is 4.69. The summed E-state index contributed by atoms with van der Waals surface area (Å²) in [4.78, 5) is 12.1. The van der Waals surface area contributed by atoms with Crippen molar-refractivity contribution in [3.63, 3.8) is 0 Å². The summed E-state index contributed by atoms with van der Waals surface area (Å²) < 4.78 is 18.7. The maximum Gasteiger partial charge on any atom is 0.309 e. The lowest BCUT2D eigenvalue weighted by Gasteiger charge is -2.50. The van der Waals surface area contributed by atoms with E-state index < -0.39 is 23.6 Å². The third-order valence-electron chi connectivity index (χ3n) is 6.26. The Labute approximate surface area is 181 Å². The van der Waals surface area contributed by atoms with Crippen LogP contribution in [0.3, 0.4) is 0 Å². The molecule has 0 bridgehead atoms. The van der Waals surface area contributed by atoms with Crippen molar-refractivity contribution in [2.24, 2.45) is 11.8 Å². The van der Waals surface area contributed by atoms with Crippen LogP contribution in [0.15, 0.2) is 42.5 Å². The first kappa shape index (κ1) is 21.0. The SMILES string of the molecule is CCc1cccc2c1OC(C)(C)[C@H]1C[C@@H](C(=O)O)[C@H](COc3ccc(Cl)cc3)O[C@H]21. The molecule has 2 aromatic carbocycles. The molecule has 2 aliphatic rings. The number of carboxylic acids is 1. The van der Waals surface area contributed by atoms with Gasteiger partial charge in [-0.25, -0.2) is 0 Å². The van der Waals surface area contributed by atoms with Crippen molar-refractivity contribution < 1.29 is 24.1 Å². The molecule has 0 radical (unpaired) electrons. The van der Waals surface area contributed by atoms with E-state index in [1.807, 2.05) is 26.0 Å². The van der Waals surface area contributed by atoms with Crippen LogP contribution in [0, 0.1) is 11.8 Å². The van der Waals surface area contributed by atoms with Crippen LogP contribution in [-0.4, -0.2) is 29.4 Å². The molecule has 30 heavy (non-hydrogen) atoms. The van der Waals surface area contributed by atoms with Crippen LogP contribution >= 0.6 is 11.6 Å². The van der Waals surface area contributed by atoms with Crippen molar-refractivity contribution >= 4 is 17.6 Å². The van der Waals surface area contributed by atoms with Gasteiger partial charge in [0.25, 0.3) is 0 Å². The van der Waals surface area contributed by atoms with E-state index in [2.05, 4.69) is 13.0 Å². The summed E-state index contributed by atoms with van der Waals surface area (Å²) in [5.74, 6) is -0.1000. The molecule has 0 unspecified atom stereocenters. The molecular formula is C24H27ClO5. The Bertz CT molecular complexity index is 924. The Morgan fingerprint density at radius 1 is 1.23 bits per heavy atom. The lowest BCUT2D eigenvalue weighted by molar-refractivity contribution is -0.192. The molecule has 6 heteroatoms. The second-order valence-electron chi connectivity index (χ2n) is 8.54. The number of ether oxygens (including phenoxy) is 3. The number of carbonyl (C=O) groups is 1. The molecule has 0 aromatic heterocycles. The maximum atomic E-state index is 12.1. The second-order valence-corrected chi connectivity index (χ2v) is 8.98. The number of para-hydroxylation sites is 1. The van der Waals surface area contributed by atoms with Crippen molar-refractivity contribution in [3.05, 3.63) is 58.6 Å². The monoisotopic (exact) mass is 430 g/mol. The van der Waals surface area contributed by atoms with Crippen LogP contribution in [-0.2, 0) is 16.0 Å². The summed E-state index contributed by atoms with van der Waals surface area (Å²) in [6, 6.07) is 13.1. The lowest BCUT2D eigenvalue weighted by atomic mass is 9.71. The lowest BCUT2D eigenvalue weighted by Crippen LogP contribution is -2.53. The van der Waals surface area contributed by atoms with Gasteiger partial charge in [-0.3, -0.25) is 4.79 Å². The molecule has 2 aliphatic heterocycles. The smallest absolute Gasteiger partial charge is 0.309 e. The van der Waals surface area contributed by atoms with Crippen molar-refractivity contribution in [3.8, 4) is 11.5 Å². The Kier molecular flexibility index (Phi) is 5.69. The third kappa shape index (κ3) is 3.88. The number of aliphatic carboxylic acids is 1. The van der Waals surface area contributed by atoms with Crippen molar-refractivity contribution in [2.75, 3.05) is 6.61 Å². The van der Waals surface area contributed by atoms with Gasteiger partial charge in [0.2, 0.25) is 0 Å². The average molecular weight is 431 g/mol. The highest BCUT2D eigenvalue weighted by molar-refractivity contribution is 6.30. The Morgan fingerprint density at radius 2 is 1.97 bits per heavy atom. The molecule has 2 heterocycles. The number of fused-ring (bicyclic) bond motifs is 3. The van der Waals surface area contributed by atoms with Gasteiger partial charge in [-0.05, 0) is 56.5 Å². The predicted octanol–water partition coefficient (Wildman–Crippen LogP) is 5.30. The van der Waals surface area contributed by atoms with Crippen molar-refractivity contribution in [2.45, 2.75) is 51.4 Å². The number of halogens is 1. The molecule has 4 rings (SSSR count). The largest absolute Gasteiger partial charge is 0.491 e. The van der Waals surface area contributed by atoms with Crippen LogP contribution in [0.1, 0.15) is 44.4 Å². The highest BCUT2D eigenvalue weighted by Crippen LogP contribution is 2.52. The van der Waals surface area contributed by atoms with Gasteiger partial charge in [0, 0.05) is 16.5 Å². The number of aryl methyl sites for hydroxylation is 1. The summed E-state index contributed by atoms with van der Waals surface area (Å²) in [6.07, 6.45) is 0.533. The fraction of sp³-hybridized carbons (Fsp3) is 0.458. The second kappa shape index (κ2) is 8.12. The van der Waals surface area contributed by atoms with Gasteiger partial charge in [-0.15, -0.1) is 0 Å². The van der Waals surface area contributed by atoms with E-state index in [1.165, 1.54) is 0 Å². The van der Waals surface area contributed by atoms with E-state index in [-0.39, 0.29) is 18.6 Å². The molecule has 0 aliphatic carbocycles. The van der Waals surface area contributed by atoms with Crippen LogP contribution in [0.5, 0.6) is 11.5 Å². The minimum absolute atomic E-state index is 0.0648. The Balaban J connectivity index is 1.63. The van der Waals surface area contributed by atoms with Crippen LogP contribution in [0.4, 0.5) is 0 Å². The summed E-state index contributed by atoms with van der Waals surface area (Å²) >= 11 is 5.93. The number of hydrogen-bond acceptors (Lipinski definition) is 4. The standard InChI is InChI=1S/C24H27ClO5/c1-4-14-6-5-7-17-21(14)30-24(2,3)19-12-18(23(26)27)20(29-22(17)19)13-28-16-10-8-15(25)9-11-16/h5-11,18-20,22H,4,12-13H2,1-3H3,(H,26,27)/t18-,19+,20+,22-/m1/s1. The average Bonchev–Trinajstić information content (AvgIpc) is 2.72. The van der Waals surface area contributed by atoms with Crippen molar-refractivity contribution in [1.29, 1.82) is 0 Å². The zero-order chi connectivity index (χ0) is 21.5. The van der Waals surface area contributed by atoms with Crippen LogP contribution < -0.4 is 9.47 Å². The number of hydrogen-bond donors (Lipinski definition) is 1. The number of rotatable bonds is 5. The molecule has 1 N–H and O–H groups in total. The molecular weight excluding hydrogens is 404 g/mol. The van der Waals surface area contributed by atoms with E-state index in [1.54, 1.807) is 24.3 Å². The van der Waals surface area contributed by atoms with E-state index in [4.69, 9.17) is 25.8 Å². The highest BCUT2D eigenvalue weighted by Gasteiger charge is 2.52. The third-order valence-corrected chi connectivity index (χ3v) is 6.51. The van der Waals surface area contributed by atoms with E-state index >= 15 is 0 Å². The maximum absolute atomic E-state index is 12.1. The summed E-state index contributed by atoms with van der Waals surface area (Å²) in [6.45, 7) is 6.30. The Hall–Kier alpha value is -2.24. The van der Waals surface area contributed by atoms with Crippen molar-refractivity contribution in [1.82, 2.24) is 0 Å². The molecule has 0 spiro atoms. The summed E-state index contributed by atoms with van der Waals surface area (Å²) in [7, 11) is 0. The summed E-state index contributed by atoms with van der Waals surface area (Å²) in [5.41, 5.74) is 1.61. The normalized spacial score (nSPS) is 26.8. The first-order valence-electron chi connectivity index (χ1n) is 10.4. The van der Waals surface area contributed by atoms with E-state index in [9.17, 15) is 9.90 Å². The molecule has 1 saturated heterocycles. The van der Waals surface area contributed by atoms with Gasteiger partial charge in [-0.1, -0.05) is 36.7 Å². The predicted molar refractivity (Wildman–Crippen MR) is 114 cm³/mol. The van der Waals surface area contributed by atoms with Gasteiger partial charge in [-0.2, -0.15) is 0 Å². The first-order chi connectivity index (χ1) is 14.3. The molecule has 2 aromatic rings. The quantitative estimate of drug-likeness (QED) is 0.697. The highest BCUT2D eigenvalue weighted by atomic mass is 35.5. The topological polar surface area (TPSA) is 65.0 Å². The van der Waals surface area contributed by atoms with Crippen LogP contribution in [0.2, 0.25) is 5.02 Å². The molecule has 5 nitrogen and oxygen atoms in total. The van der Waals surface area contributed by atoms with Gasteiger partial charge in [0.1, 0.15) is 29.8 Å². The van der Waals surface area contributed by atoms with Gasteiger partial charge >= 0.3 is 5.97 Å². The minimum Gasteiger partial charge on any atom is -0.491 e. The molecule has 4 atom stereocenters. The molecule has 160 valence electrons. The van der Waals surface area contributed by atoms with E-state index in [0.29, 0.717) is 17.2 Å². The minimum atomic E-state index is -0.873. The zero-order valence-electron chi connectivity index (χ0n) is 17.4. The van der Waals surface area contributed by atoms with Gasteiger partial charge < -0.3 is 19.3 Å². The molecule has 1 fully saturated rings. The zero-order valence-corrected chi connectivity index (χ0v) is 18.2. The first-order valence-corrected chi connectivity index (χ1v) is 10.8. The summed E-state index contributed by atoms with van der Waals surface area (Å²) in [5, 5.41) is 10.5. The van der Waals surface area contributed by atoms with Gasteiger partial charge in [0.15, 0.2) is 0 Å². The molecule has 0 saturated carbocycles. The molecule has 0 amide bonds. The van der Waals surface area contributed by atoms with Crippen LogP contribution in [0.25, 0.3) is 0 Å². The number of carboxylic acid groups (broad SMARTS) is 1. The van der Waals surface area contributed by atoms with Gasteiger partial charge in [0.05, 0.1) is 12.0 Å². The number of benzene rings is 2. The Morgan fingerprint density at radius 3 is 2.63 bits per heavy atom. The van der Waals surface area contributed by atoms with E-state index in [0.717, 1.165) is 23.3 Å². The fourth-order valence-electron chi connectivity index (χ4n) is 4.56.